The van der Waals surface area contributed by atoms with Crippen molar-refractivity contribution in [2.45, 2.75) is 32.2 Å². The fraction of sp³-hybridized carbons (Fsp3) is 0.562. The standard InChI is InChI=1S/C16H23ClN2O.ClH/c1-12(11-13-3-5-15(17)6-4-13)19(2)16(20)14-7-9-18-10-8-14;/h3-6,12,14,18H,7-11H2,1-2H3;1H. The van der Waals surface area contributed by atoms with Crippen LogP contribution in [-0.4, -0.2) is 37.0 Å². The molecule has 1 amide bonds. The zero-order valence-electron chi connectivity index (χ0n) is 12.6. The van der Waals surface area contributed by atoms with Crippen molar-refractivity contribution >= 4 is 29.9 Å². The topological polar surface area (TPSA) is 32.3 Å². The van der Waals surface area contributed by atoms with Crippen LogP contribution in [0.25, 0.3) is 0 Å². The maximum absolute atomic E-state index is 12.5. The molecule has 1 aromatic rings. The third-order valence-electron chi connectivity index (χ3n) is 4.14. The van der Waals surface area contributed by atoms with E-state index in [1.165, 1.54) is 5.56 Å². The smallest absolute Gasteiger partial charge is 0.225 e. The molecule has 0 bridgehead atoms. The number of benzene rings is 1. The number of amides is 1. The van der Waals surface area contributed by atoms with Crippen LogP contribution in [0.5, 0.6) is 0 Å². The van der Waals surface area contributed by atoms with Crippen LogP contribution in [0.3, 0.4) is 0 Å². The summed E-state index contributed by atoms with van der Waals surface area (Å²) in [6.07, 6.45) is 2.78. The third-order valence-corrected chi connectivity index (χ3v) is 4.39. The summed E-state index contributed by atoms with van der Waals surface area (Å²) < 4.78 is 0. The first-order chi connectivity index (χ1) is 9.58. The molecule has 1 N–H and O–H groups in total. The number of hydrogen-bond acceptors (Lipinski definition) is 2. The van der Waals surface area contributed by atoms with Crippen molar-refractivity contribution in [3.63, 3.8) is 0 Å². The molecule has 118 valence electrons. The quantitative estimate of drug-likeness (QED) is 0.919. The minimum atomic E-state index is 0. The van der Waals surface area contributed by atoms with Crippen molar-refractivity contribution in [1.82, 2.24) is 10.2 Å². The average molecular weight is 331 g/mol. The Morgan fingerprint density at radius 1 is 1.33 bits per heavy atom. The molecule has 1 unspecified atom stereocenters. The summed E-state index contributed by atoms with van der Waals surface area (Å²) in [6.45, 7) is 4.01. The molecule has 1 saturated heterocycles. The number of halogens is 2. The summed E-state index contributed by atoms with van der Waals surface area (Å²) >= 11 is 5.89. The van der Waals surface area contributed by atoms with Crippen LogP contribution in [0.1, 0.15) is 25.3 Å². The molecule has 1 aliphatic heterocycles. The molecule has 3 nitrogen and oxygen atoms in total. The Hall–Kier alpha value is -0.770. The summed E-state index contributed by atoms with van der Waals surface area (Å²) in [7, 11) is 1.92. The zero-order valence-corrected chi connectivity index (χ0v) is 14.2. The predicted octanol–water partition coefficient (Wildman–Crippen LogP) is 3.15. The highest BCUT2D eigenvalue weighted by Gasteiger charge is 2.26. The van der Waals surface area contributed by atoms with Gasteiger partial charge in [-0.2, -0.15) is 0 Å². The molecule has 0 radical (unpaired) electrons. The van der Waals surface area contributed by atoms with Crippen molar-refractivity contribution < 1.29 is 4.79 Å². The SMILES string of the molecule is CC(Cc1ccc(Cl)cc1)N(C)C(=O)C1CCNCC1.Cl. The number of rotatable bonds is 4. The van der Waals surface area contributed by atoms with E-state index >= 15 is 0 Å². The van der Waals surface area contributed by atoms with E-state index in [0.717, 1.165) is 37.4 Å². The van der Waals surface area contributed by atoms with Gasteiger partial charge in [0.2, 0.25) is 5.91 Å². The van der Waals surface area contributed by atoms with Gasteiger partial charge >= 0.3 is 0 Å². The van der Waals surface area contributed by atoms with Gasteiger partial charge in [0.25, 0.3) is 0 Å². The van der Waals surface area contributed by atoms with Crippen LogP contribution < -0.4 is 5.32 Å². The van der Waals surface area contributed by atoms with Gasteiger partial charge in [-0.25, -0.2) is 0 Å². The minimum absolute atomic E-state index is 0. The zero-order chi connectivity index (χ0) is 14.5. The number of likely N-dealkylation sites (N-methyl/N-ethyl adjacent to an activating group) is 1. The van der Waals surface area contributed by atoms with E-state index in [9.17, 15) is 4.79 Å². The molecular formula is C16H24Cl2N2O. The van der Waals surface area contributed by atoms with E-state index in [-0.39, 0.29) is 30.3 Å². The molecule has 1 aliphatic rings. The molecule has 1 heterocycles. The molecule has 0 saturated carbocycles. The Bertz CT molecular complexity index is 444. The highest BCUT2D eigenvalue weighted by Crippen LogP contribution is 2.18. The van der Waals surface area contributed by atoms with Gasteiger partial charge in [0.1, 0.15) is 0 Å². The van der Waals surface area contributed by atoms with E-state index in [0.29, 0.717) is 0 Å². The largest absolute Gasteiger partial charge is 0.342 e. The second-order valence-corrected chi connectivity index (χ2v) is 6.09. The normalized spacial score (nSPS) is 16.9. The van der Waals surface area contributed by atoms with Crippen LogP contribution in [-0.2, 0) is 11.2 Å². The van der Waals surface area contributed by atoms with E-state index in [2.05, 4.69) is 12.2 Å². The van der Waals surface area contributed by atoms with Gasteiger partial charge in [-0.15, -0.1) is 12.4 Å². The van der Waals surface area contributed by atoms with Crippen molar-refractivity contribution in [3.8, 4) is 0 Å². The number of carbonyl (C=O) groups excluding carboxylic acids is 1. The lowest BCUT2D eigenvalue weighted by molar-refractivity contribution is -0.136. The van der Waals surface area contributed by atoms with Crippen molar-refractivity contribution in [1.29, 1.82) is 0 Å². The van der Waals surface area contributed by atoms with Gasteiger partial charge < -0.3 is 10.2 Å². The maximum atomic E-state index is 12.5. The maximum Gasteiger partial charge on any atom is 0.225 e. The van der Waals surface area contributed by atoms with E-state index in [1.807, 2.05) is 36.2 Å². The van der Waals surface area contributed by atoms with Gasteiger partial charge in [0.05, 0.1) is 0 Å². The summed E-state index contributed by atoms with van der Waals surface area (Å²) in [5.41, 5.74) is 1.21. The number of piperidine rings is 1. The Morgan fingerprint density at radius 2 is 1.90 bits per heavy atom. The van der Waals surface area contributed by atoms with Crippen LogP contribution >= 0.6 is 24.0 Å². The average Bonchev–Trinajstić information content (AvgIpc) is 2.49. The fourth-order valence-corrected chi connectivity index (χ4v) is 2.80. The number of nitrogens with zero attached hydrogens (tertiary/aromatic N) is 1. The molecule has 1 atom stereocenters. The molecule has 2 rings (SSSR count). The first kappa shape index (κ1) is 18.3. The second-order valence-electron chi connectivity index (χ2n) is 5.65. The molecule has 1 fully saturated rings. The minimum Gasteiger partial charge on any atom is -0.342 e. The van der Waals surface area contributed by atoms with Gasteiger partial charge in [0.15, 0.2) is 0 Å². The molecule has 0 aliphatic carbocycles. The molecule has 0 spiro atoms. The Kier molecular flexibility index (Phi) is 7.50. The lowest BCUT2D eigenvalue weighted by Gasteiger charge is -2.31. The molecule has 0 aromatic heterocycles. The molecular weight excluding hydrogens is 307 g/mol. The fourth-order valence-electron chi connectivity index (χ4n) is 2.67. The lowest BCUT2D eigenvalue weighted by atomic mass is 9.95. The Balaban J connectivity index is 0.00000220. The summed E-state index contributed by atoms with van der Waals surface area (Å²) in [4.78, 5) is 14.4. The summed E-state index contributed by atoms with van der Waals surface area (Å²) in [6, 6.07) is 8.07. The van der Waals surface area contributed by atoms with Crippen molar-refractivity contribution in [2.24, 2.45) is 5.92 Å². The lowest BCUT2D eigenvalue weighted by Crippen LogP contribution is -2.43. The Morgan fingerprint density at radius 3 is 2.48 bits per heavy atom. The first-order valence-electron chi connectivity index (χ1n) is 7.29. The van der Waals surface area contributed by atoms with Crippen molar-refractivity contribution in [2.75, 3.05) is 20.1 Å². The number of hydrogen-bond donors (Lipinski definition) is 1. The van der Waals surface area contributed by atoms with Crippen LogP contribution in [0.4, 0.5) is 0 Å². The second kappa shape index (κ2) is 8.62. The van der Waals surface area contributed by atoms with Crippen LogP contribution in [0.15, 0.2) is 24.3 Å². The van der Waals surface area contributed by atoms with Gasteiger partial charge in [-0.3, -0.25) is 4.79 Å². The van der Waals surface area contributed by atoms with Crippen LogP contribution in [0.2, 0.25) is 5.02 Å². The molecule has 21 heavy (non-hydrogen) atoms. The van der Waals surface area contributed by atoms with E-state index in [1.54, 1.807) is 0 Å². The van der Waals surface area contributed by atoms with Gasteiger partial charge in [0, 0.05) is 24.0 Å². The van der Waals surface area contributed by atoms with Crippen molar-refractivity contribution in [3.05, 3.63) is 34.9 Å². The van der Waals surface area contributed by atoms with E-state index in [4.69, 9.17) is 11.6 Å². The van der Waals surface area contributed by atoms with Gasteiger partial charge in [-0.05, 0) is 57.0 Å². The first-order valence-corrected chi connectivity index (χ1v) is 7.67. The Labute approximate surface area is 138 Å². The monoisotopic (exact) mass is 330 g/mol. The molecule has 5 heteroatoms. The number of carbonyl (C=O) groups is 1. The van der Waals surface area contributed by atoms with Gasteiger partial charge in [-0.1, -0.05) is 23.7 Å². The van der Waals surface area contributed by atoms with E-state index < -0.39 is 0 Å². The number of nitrogens with one attached hydrogen (secondary N) is 1. The highest BCUT2D eigenvalue weighted by atomic mass is 35.5. The summed E-state index contributed by atoms with van der Waals surface area (Å²) in [5, 5.41) is 4.05. The predicted molar refractivity (Wildman–Crippen MR) is 90.2 cm³/mol. The third kappa shape index (κ3) is 5.17. The van der Waals surface area contributed by atoms with Crippen LogP contribution in [0, 0.1) is 5.92 Å². The molecule has 1 aromatic carbocycles. The summed E-state index contributed by atoms with van der Waals surface area (Å²) in [5.74, 6) is 0.474. The highest BCUT2D eigenvalue weighted by molar-refractivity contribution is 6.30.